The number of unbranched alkanes of at least 4 members (excludes halogenated alkanes) is 2. The molecule has 0 spiro atoms. The van der Waals surface area contributed by atoms with Gasteiger partial charge in [-0.15, -0.1) is 0 Å². The molecule has 0 aliphatic rings. The Bertz CT molecular complexity index is 368. The van der Waals surface area contributed by atoms with Crippen LogP contribution in [0, 0.1) is 5.92 Å². The zero-order valence-corrected chi connectivity index (χ0v) is 13.9. The summed E-state index contributed by atoms with van der Waals surface area (Å²) in [5.74, 6) is 1.63. The Morgan fingerprint density at radius 2 is 2.05 bits per heavy atom. The van der Waals surface area contributed by atoms with Gasteiger partial charge in [0.2, 0.25) is 0 Å². The number of nitrogens with one attached hydrogen (secondary N) is 1. The molecule has 3 nitrogen and oxygen atoms in total. The van der Waals surface area contributed by atoms with Gasteiger partial charge in [-0.1, -0.05) is 38.3 Å². The highest BCUT2D eigenvalue weighted by molar-refractivity contribution is 5.28. The van der Waals surface area contributed by atoms with Crippen LogP contribution in [0.15, 0.2) is 24.3 Å². The molecular weight excluding hydrogens is 262 g/mol. The first-order valence-corrected chi connectivity index (χ1v) is 8.12. The molecule has 120 valence electrons. The first-order chi connectivity index (χ1) is 10.3. The molecule has 0 bridgehead atoms. The third-order valence-electron chi connectivity index (χ3n) is 3.79. The van der Waals surface area contributed by atoms with Crippen LogP contribution in [0.4, 0.5) is 0 Å². The second-order valence-electron chi connectivity index (χ2n) is 5.61. The van der Waals surface area contributed by atoms with Gasteiger partial charge in [-0.25, -0.2) is 0 Å². The van der Waals surface area contributed by atoms with Crippen molar-refractivity contribution in [1.29, 1.82) is 0 Å². The predicted octanol–water partition coefficient (Wildman–Crippen LogP) is 3.67. The molecule has 1 rings (SSSR count). The molecule has 3 heteroatoms. The highest BCUT2D eigenvalue weighted by Crippen LogP contribution is 2.19. The van der Waals surface area contributed by atoms with Gasteiger partial charge in [0.15, 0.2) is 0 Å². The van der Waals surface area contributed by atoms with E-state index in [0.717, 1.165) is 31.9 Å². The van der Waals surface area contributed by atoms with Crippen LogP contribution in [0.5, 0.6) is 5.75 Å². The van der Waals surface area contributed by atoms with Gasteiger partial charge in [-0.3, -0.25) is 0 Å². The van der Waals surface area contributed by atoms with E-state index in [1.165, 1.54) is 31.2 Å². The topological polar surface area (TPSA) is 30.5 Å². The SMILES string of the molecule is CCCCCC(CNCCOC)Cc1cccc(OC)c1. The lowest BCUT2D eigenvalue weighted by Crippen LogP contribution is -2.27. The van der Waals surface area contributed by atoms with Crippen LogP contribution in [0.1, 0.15) is 38.2 Å². The van der Waals surface area contributed by atoms with Crippen LogP contribution in [0.3, 0.4) is 0 Å². The van der Waals surface area contributed by atoms with E-state index >= 15 is 0 Å². The molecule has 0 fully saturated rings. The second-order valence-corrected chi connectivity index (χ2v) is 5.61. The fourth-order valence-electron chi connectivity index (χ4n) is 2.57. The van der Waals surface area contributed by atoms with E-state index in [9.17, 15) is 0 Å². The van der Waals surface area contributed by atoms with Crippen LogP contribution in [0.2, 0.25) is 0 Å². The lowest BCUT2D eigenvalue weighted by molar-refractivity contribution is 0.197. The van der Waals surface area contributed by atoms with Gasteiger partial charge >= 0.3 is 0 Å². The molecule has 0 aliphatic heterocycles. The Kier molecular flexibility index (Phi) is 9.92. The third kappa shape index (κ3) is 8.08. The maximum atomic E-state index is 5.32. The van der Waals surface area contributed by atoms with E-state index in [-0.39, 0.29) is 0 Å². The van der Waals surface area contributed by atoms with Crippen molar-refractivity contribution in [2.75, 3.05) is 33.9 Å². The summed E-state index contributed by atoms with van der Waals surface area (Å²) in [6, 6.07) is 8.44. The monoisotopic (exact) mass is 293 g/mol. The predicted molar refractivity (Wildman–Crippen MR) is 89.1 cm³/mol. The molecule has 1 aromatic carbocycles. The quantitative estimate of drug-likeness (QED) is 0.596. The van der Waals surface area contributed by atoms with Crippen molar-refractivity contribution in [1.82, 2.24) is 5.32 Å². The van der Waals surface area contributed by atoms with Gasteiger partial charge in [-0.05, 0) is 43.0 Å². The summed E-state index contributed by atoms with van der Waals surface area (Å²) in [7, 11) is 3.47. The lowest BCUT2D eigenvalue weighted by Gasteiger charge is -2.18. The highest BCUT2D eigenvalue weighted by Gasteiger charge is 2.10. The number of methoxy groups -OCH3 is 2. The summed E-state index contributed by atoms with van der Waals surface area (Å²) < 4.78 is 10.4. The Morgan fingerprint density at radius 3 is 2.76 bits per heavy atom. The minimum atomic E-state index is 0.681. The molecule has 1 aromatic rings. The van der Waals surface area contributed by atoms with Crippen LogP contribution >= 0.6 is 0 Å². The molecule has 1 N–H and O–H groups in total. The maximum absolute atomic E-state index is 5.32. The van der Waals surface area contributed by atoms with Crippen molar-refractivity contribution in [2.45, 2.75) is 39.0 Å². The van der Waals surface area contributed by atoms with Crippen LogP contribution in [0.25, 0.3) is 0 Å². The zero-order chi connectivity index (χ0) is 15.3. The standard InChI is InChI=1S/C18H31NO2/c1-4-5-6-8-17(15-19-11-12-20-2)13-16-9-7-10-18(14-16)21-3/h7,9-10,14,17,19H,4-6,8,11-13,15H2,1-3H3. The van der Waals surface area contributed by atoms with Crippen LogP contribution in [-0.2, 0) is 11.2 Å². The fraction of sp³-hybridized carbons (Fsp3) is 0.667. The first kappa shape index (κ1) is 18.0. The minimum absolute atomic E-state index is 0.681. The Labute approximate surface area is 130 Å². The normalized spacial score (nSPS) is 12.3. The molecule has 0 aliphatic carbocycles. The molecule has 0 heterocycles. The van der Waals surface area contributed by atoms with Gasteiger partial charge in [0.1, 0.15) is 5.75 Å². The van der Waals surface area contributed by atoms with Crippen LogP contribution in [-0.4, -0.2) is 33.9 Å². The Morgan fingerprint density at radius 1 is 1.19 bits per heavy atom. The van der Waals surface area contributed by atoms with E-state index in [0.29, 0.717) is 5.92 Å². The summed E-state index contributed by atoms with van der Waals surface area (Å²) in [4.78, 5) is 0. The fourth-order valence-corrected chi connectivity index (χ4v) is 2.57. The molecular formula is C18H31NO2. The average Bonchev–Trinajstić information content (AvgIpc) is 2.51. The van der Waals surface area contributed by atoms with Crippen molar-refractivity contribution >= 4 is 0 Å². The molecule has 21 heavy (non-hydrogen) atoms. The van der Waals surface area contributed by atoms with Crippen molar-refractivity contribution in [3.8, 4) is 5.75 Å². The summed E-state index contributed by atoms with van der Waals surface area (Å²) >= 11 is 0. The molecule has 0 aromatic heterocycles. The first-order valence-electron chi connectivity index (χ1n) is 8.12. The van der Waals surface area contributed by atoms with Gasteiger partial charge < -0.3 is 14.8 Å². The minimum Gasteiger partial charge on any atom is -0.497 e. The summed E-state index contributed by atoms with van der Waals surface area (Å²) in [6.07, 6.45) is 6.32. The van der Waals surface area contributed by atoms with E-state index in [4.69, 9.17) is 9.47 Å². The van der Waals surface area contributed by atoms with Crippen molar-refractivity contribution in [3.63, 3.8) is 0 Å². The van der Waals surface area contributed by atoms with Gasteiger partial charge in [0.05, 0.1) is 13.7 Å². The summed E-state index contributed by atoms with van der Waals surface area (Å²) in [6.45, 7) is 5.03. The summed E-state index contributed by atoms with van der Waals surface area (Å²) in [5, 5.41) is 3.51. The smallest absolute Gasteiger partial charge is 0.119 e. The molecule has 0 radical (unpaired) electrons. The van der Waals surface area contributed by atoms with Crippen molar-refractivity contribution in [3.05, 3.63) is 29.8 Å². The lowest BCUT2D eigenvalue weighted by atomic mass is 9.93. The van der Waals surface area contributed by atoms with E-state index in [1.807, 2.05) is 6.07 Å². The molecule has 0 saturated heterocycles. The van der Waals surface area contributed by atoms with Gasteiger partial charge in [0.25, 0.3) is 0 Å². The largest absolute Gasteiger partial charge is 0.497 e. The average molecular weight is 293 g/mol. The number of benzene rings is 1. The Hall–Kier alpha value is -1.06. The van der Waals surface area contributed by atoms with E-state index < -0.39 is 0 Å². The molecule has 0 saturated carbocycles. The molecule has 1 atom stereocenters. The molecule has 0 amide bonds. The number of hydrogen-bond donors (Lipinski definition) is 1. The zero-order valence-electron chi connectivity index (χ0n) is 13.9. The van der Waals surface area contributed by atoms with Crippen molar-refractivity contribution in [2.24, 2.45) is 5.92 Å². The number of ether oxygens (including phenoxy) is 2. The van der Waals surface area contributed by atoms with Crippen LogP contribution < -0.4 is 10.1 Å². The third-order valence-corrected chi connectivity index (χ3v) is 3.79. The summed E-state index contributed by atoms with van der Waals surface area (Å²) in [5.41, 5.74) is 1.37. The van der Waals surface area contributed by atoms with Gasteiger partial charge in [0, 0.05) is 13.7 Å². The van der Waals surface area contributed by atoms with Gasteiger partial charge in [-0.2, -0.15) is 0 Å². The highest BCUT2D eigenvalue weighted by atomic mass is 16.5. The Balaban J connectivity index is 2.48. The number of rotatable bonds is 12. The maximum Gasteiger partial charge on any atom is 0.119 e. The molecule has 1 unspecified atom stereocenters. The second kappa shape index (κ2) is 11.6. The van der Waals surface area contributed by atoms with Crippen molar-refractivity contribution < 1.29 is 9.47 Å². The van der Waals surface area contributed by atoms with E-state index in [1.54, 1.807) is 14.2 Å². The van der Waals surface area contributed by atoms with E-state index in [2.05, 4.69) is 30.4 Å². The number of hydrogen-bond acceptors (Lipinski definition) is 3.